The molecular weight excluding hydrogens is 514 g/mol. The maximum Gasteiger partial charge on any atom is 0.269 e. The molecule has 1 aliphatic heterocycles. The summed E-state index contributed by atoms with van der Waals surface area (Å²) in [4.78, 5) is 40.7. The van der Waals surface area contributed by atoms with E-state index in [4.69, 9.17) is 11.6 Å². The molecule has 3 aromatic rings. The third kappa shape index (κ3) is 5.45. The second-order valence-electron chi connectivity index (χ2n) is 10.1. The van der Waals surface area contributed by atoms with Crippen LogP contribution in [0.1, 0.15) is 68.5 Å². The number of para-hydroxylation sites is 2. The molecule has 0 spiro atoms. The third-order valence-corrected chi connectivity index (χ3v) is 7.74. The molecule has 39 heavy (non-hydrogen) atoms. The molecule has 0 bridgehead atoms. The van der Waals surface area contributed by atoms with E-state index in [1.54, 1.807) is 29.2 Å². The molecule has 1 heterocycles. The van der Waals surface area contributed by atoms with E-state index in [1.807, 2.05) is 42.5 Å². The lowest BCUT2D eigenvalue weighted by Gasteiger charge is -2.35. The molecule has 1 aliphatic carbocycles. The minimum atomic E-state index is -0.624. The number of benzene rings is 3. The summed E-state index contributed by atoms with van der Waals surface area (Å²) in [6.07, 6.45) is 3.77. The molecule has 200 valence electrons. The molecular formula is C31H30ClN3O4. The number of allylic oxidation sites excluding steroid dienone is 1. The van der Waals surface area contributed by atoms with Gasteiger partial charge in [-0.05, 0) is 54.2 Å². The Balaban J connectivity index is 1.65. The highest BCUT2D eigenvalue weighted by Crippen LogP contribution is 2.48. The normalized spacial score (nSPS) is 18.6. The number of hydrogen-bond acceptors (Lipinski definition) is 5. The number of unbranched alkanes of at least 4 members (excludes halogenated alkanes) is 2. The fraction of sp³-hybridized carbons (Fsp3) is 0.290. The fourth-order valence-electron chi connectivity index (χ4n) is 5.60. The minimum absolute atomic E-state index is 0.00166. The van der Waals surface area contributed by atoms with E-state index in [0.29, 0.717) is 29.1 Å². The Kier molecular flexibility index (Phi) is 7.79. The van der Waals surface area contributed by atoms with E-state index in [9.17, 15) is 19.7 Å². The first-order valence-electron chi connectivity index (χ1n) is 13.3. The van der Waals surface area contributed by atoms with Gasteiger partial charge in [0.1, 0.15) is 0 Å². The lowest BCUT2D eigenvalue weighted by molar-refractivity contribution is -0.384. The molecule has 2 unspecified atom stereocenters. The number of carbonyl (C=O) groups excluding carboxylic acids is 2. The van der Waals surface area contributed by atoms with Crippen LogP contribution in [-0.4, -0.2) is 16.6 Å². The van der Waals surface area contributed by atoms with Gasteiger partial charge in [-0.1, -0.05) is 67.8 Å². The van der Waals surface area contributed by atoms with Gasteiger partial charge in [-0.25, -0.2) is 0 Å². The first-order valence-corrected chi connectivity index (χ1v) is 13.7. The molecule has 1 amide bonds. The van der Waals surface area contributed by atoms with E-state index >= 15 is 0 Å². The van der Waals surface area contributed by atoms with Gasteiger partial charge in [0.05, 0.1) is 22.3 Å². The highest BCUT2D eigenvalue weighted by Gasteiger charge is 2.41. The summed E-state index contributed by atoms with van der Waals surface area (Å²) in [5, 5.41) is 15.5. The topological polar surface area (TPSA) is 92.6 Å². The quantitative estimate of drug-likeness (QED) is 0.187. The van der Waals surface area contributed by atoms with Gasteiger partial charge in [0, 0.05) is 41.3 Å². The van der Waals surface area contributed by atoms with Crippen LogP contribution in [0.4, 0.5) is 17.1 Å². The molecule has 2 atom stereocenters. The van der Waals surface area contributed by atoms with E-state index in [2.05, 4.69) is 12.2 Å². The summed E-state index contributed by atoms with van der Waals surface area (Å²) in [6.45, 7) is 2.10. The van der Waals surface area contributed by atoms with Gasteiger partial charge in [0.25, 0.3) is 5.69 Å². The van der Waals surface area contributed by atoms with Gasteiger partial charge in [-0.3, -0.25) is 24.6 Å². The summed E-state index contributed by atoms with van der Waals surface area (Å²) in [5.74, 6) is -0.354. The maximum absolute atomic E-state index is 14.0. The number of nitro groups is 1. The largest absolute Gasteiger partial charge is 0.357 e. The van der Waals surface area contributed by atoms with Crippen LogP contribution >= 0.6 is 11.6 Å². The van der Waals surface area contributed by atoms with E-state index < -0.39 is 11.0 Å². The molecule has 7 nitrogen and oxygen atoms in total. The molecule has 0 radical (unpaired) electrons. The van der Waals surface area contributed by atoms with E-state index in [1.165, 1.54) is 6.07 Å². The van der Waals surface area contributed by atoms with Crippen LogP contribution in [0.15, 0.2) is 84.1 Å². The van der Waals surface area contributed by atoms with Crippen LogP contribution in [0, 0.1) is 10.1 Å². The predicted octanol–water partition coefficient (Wildman–Crippen LogP) is 7.73. The molecule has 8 heteroatoms. The number of nitro benzene ring substituents is 1. The number of nitrogens with one attached hydrogen (secondary N) is 1. The van der Waals surface area contributed by atoms with Crippen LogP contribution < -0.4 is 10.2 Å². The second-order valence-corrected chi connectivity index (χ2v) is 10.5. The average molecular weight is 544 g/mol. The summed E-state index contributed by atoms with van der Waals surface area (Å²) in [5.41, 5.74) is 4.31. The molecule has 0 saturated heterocycles. The molecule has 2 aliphatic rings. The Bertz CT molecular complexity index is 1450. The van der Waals surface area contributed by atoms with Crippen molar-refractivity contribution in [3.8, 4) is 0 Å². The number of halogens is 1. The number of ketones is 1. The number of amides is 1. The number of fused-ring (bicyclic) bond motifs is 1. The van der Waals surface area contributed by atoms with Crippen LogP contribution in [0.2, 0.25) is 5.02 Å². The minimum Gasteiger partial charge on any atom is -0.357 e. The summed E-state index contributed by atoms with van der Waals surface area (Å²) < 4.78 is 0. The van der Waals surface area contributed by atoms with Gasteiger partial charge in [0.15, 0.2) is 5.78 Å². The first-order chi connectivity index (χ1) is 18.9. The molecule has 3 aromatic carbocycles. The van der Waals surface area contributed by atoms with Crippen LogP contribution in [0.25, 0.3) is 0 Å². The number of anilines is 2. The fourth-order valence-corrected chi connectivity index (χ4v) is 5.73. The monoisotopic (exact) mass is 543 g/mol. The molecule has 0 aromatic heterocycles. The highest BCUT2D eigenvalue weighted by molar-refractivity contribution is 6.30. The maximum atomic E-state index is 14.0. The number of nitrogens with zero attached hydrogens (tertiary/aromatic N) is 2. The number of hydrogen-bond donors (Lipinski definition) is 1. The van der Waals surface area contributed by atoms with Crippen molar-refractivity contribution >= 4 is 40.4 Å². The first kappa shape index (κ1) is 26.6. The number of Topliss-reactive ketones (excluding diaryl/α,β-unsaturated/α-hetero) is 1. The van der Waals surface area contributed by atoms with Gasteiger partial charge < -0.3 is 5.32 Å². The summed E-state index contributed by atoms with van der Waals surface area (Å²) in [6, 6.07) is 20.8. The Hall–Kier alpha value is -3.97. The predicted molar refractivity (Wildman–Crippen MR) is 153 cm³/mol. The van der Waals surface area contributed by atoms with Gasteiger partial charge >= 0.3 is 0 Å². The number of non-ortho nitro benzene ring substituents is 1. The van der Waals surface area contributed by atoms with E-state index in [-0.39, 0.29) is 29.7 Å². The Morgan fingerprint density at radius 1 is 1.03 bits per heavy atom. The second kappa shape index (κ2) is 11.4. The van der Waals surface area contributed by atoms with Crippen molar-refractivity contribution in [1.82, 2.24) is 0 Å². The zero-order valence-electron chi connectivity index (χ0n) is 21.7. The van der Waals surface area contributed by atoms with Crippen molar-refractivity contribution in [3.05, 3.63) is 110 Å². The van der Waals surface area contributed by atoms with E-state index in [0.717, 1.165) is 41.8 Å². The highest BCUT2D eigenvalue weighted by atomic mass is 35.5. The van der Waals surface area contributed by atoms with Crippen LogP contribution in [-0.2, 0) is 9.59 Å². The van der Waals surface area contributed by atoms with Gasteiger partial charge in [-0.2, -0.15) is 0 Å². The Morgan fingerprint density at radius 3 is 2.54 bits per heavy atom. The van der Waals surface area contributed by atoms with Crippen molar-refractivity contribution < 1.29 is 14.5 Å². The lowest BCUT2D eigenvalue weighted by atomic mass is 9.78. The van der Waals surface area contributed by atoms with Crippen LogP contribution in [0.3, 0.4) is 0 Å². The van der Waals surface area contributed by atoms with Crippen molar-refractivity contribution in [2.45, 2.75) is 57.4 Å². The SMILES string of the molecule is CCCCCC(=O)N1c2ccccc2NC2=C(C(=O)CC(c3cccc([N+](=O)[O-])c3)C2)C1c1ccc(Cl)cc1. The summed E-state index contributed by atoms with van der Waals surface area (Å²) in [7, 11) is 0. The van der Waals surface area contributed by atoms with Crippen LogP contribution in [0.5, 0.6) is 0 Å². The zero-order chi connectivity index (χ0) is 27.5. The molecule has 0 saturated carbocycles. The van der Waals surface area contributed by atoms with Crippen molar-refractivity contribution in [3.63, 3.8) is 0 Å². The van der Waals surface area contributed by atoms with Gasteiger partial charge in [-0.15, -0.1) is 0 Å². The average Bonchev–Trinajstić information content (AvgIpc) is 3.08. The smallest absolute Gasteiger partial charge is 0.269 e. The van der Waals surface area contributed by atoms with Crippen molar-refractivity contribution in [2.75, 3.05) is 10.2 Å². The summed E-state index contributed by atoms with van der Waals surface area (Å²) >= 11 is 6.22. The zero-order valence-corrected chi connectivity index (χ0v) is 22.5. The molecule has 0 fully saturated rings. The number of carbonyl (C=O) groups is 2. The molecule has 5 rings (SSSR count). The standard InChI is InChI=1S/C31H30ClN3O4/c1-2-3-4-12-29(37)34-27-11-6-5-10-25(27)33-26-18-22(21-8-7-9-24(17-21)35(38)39)19-28(36)30(26)31(34)20-13-15-23(32)16-14-20/h5-11,13-17,22,31,33H,2-4,12,18-19H2,1H3. The van der Waals surface area contributed by atoms with Gasteiger partial charge in [0.2, 0.25) is 5.91 Å². The number of rotatable bonds is 7. The third-order valence-electron chi connectivity index (χ3n) is 7.49. The Labute approximate surface area is 232 Å². The lowest BCUT2D eigenvalue weighted by Crippen LogP contribution is -2.38. The molecule has 1 N–H and O–H groups in total. The van der Waals surface area contributed by atoms with Crippen molar-refractivity contribution in [2.24, 2.45) is 0 Å². The Morgan fingerprint density at radius 2 is 1.79 bits per heavy atom. The van der Waals surface area contributed by atoms with Crippen molar-refractivity contribution in [1.29, 1.82) is 0 Å².